The molecule has 23 heavy (non-hydrogen) atoms. The van der Waals surface area contributed by atoms with E-state index in [0.717, 1.165) is 0 Å². The number of anilines is 1. The largest absolute Gasteiger partial charge is 0.344 e. The summed E-state index contributed by atoms with van der Waals surface area (Å²) < 4.78 is 0. The summed E-state index contributed by atoms with van der Waals surface area (Å²) in [4.78, 5) is 29.7. The van der Waals surface area contributed by atoms with E-state index >= 15 is 0 Å². The van der Waals surface area contributed by atoms with Crippen molar-refractivity contribution in [2.45, 2.75) is 12.8 Å². The van der Waals surface area contributed by atoms with Gasteiger partial charge in [-0.3, -0.25) is 14.9 Å². The molecule has 6 nitrogen and oxygen atoms in total. The summed E-state index contributed by atoms with van der Waals surface area (Å²) in [6.07, 6.45) is 0.456. The Morgan fingerprint density at radius 1 is 1.35 bits per heavy atom. The molecular formula is C16H16N4O2S. The lowest BCUT2D eigenvalue weighted by Crippen LogP contribution is -2.29. The van der Waals surface area contributed by atoms with E-state index in [0.29, 0.717) is 29.4 Å². The number of rotatable bonds is 6. The van der Waals surface area contributed by atoms with Crippen molar-refractivity contribution in [3.8, 4) is 6.07 Å². The molecule has 2 amide bonds. The van der Waals surface area contributed by atoms with E-state index < -0.39 is 0 Å². The van der Waals surface area contributed by atoms with Crippen LogP contribution in [-0.4, -0.2) is 35.3 Å². The molecule has 2 rings (SSSR count). The molecule has 118 valence electrons. The van der Waals surface area contributed by atoms with E-state index in [1.165, 1.54) is 16.2 Å². The van der Waals surface area contributed by atoms with Crippen molar-refractivity contribution >= 4 is 28.3 Å². The lowest BCUT2D eigenvalue weighted by atomic mass is 10.2. The molecule has 0 spiro atoms. The molecule has 0 saturated carbocycles. The van der Waals surface area contributed by atoms with Crippen LogP contribution >= 0.6 is 11.3 Å². The highest BCUT2D eigenvalue weighted by atomic mass is 32.1. The van der Waals surface area contributed by atoms with Gasteiger partial charge >= 0.3 is 0 Å². The highest BCUT2D eigenvalue weighted by Gasteiger charge is 2.13. The highest BCUT2D eigenvalue weighted by molar-refractivity contribution is 7.14. The monoisotopic (exact) mass is 328 g/mol. The van der Waals surface area contributed by atoms with Crippen molar-refractivity contribution in [2.75, 3.05) is 18.9 Å². The first kappa shape index (κ1) is 16.6. The average Bonchev–Trinajstić information content (AvgIpc) is 3.00. The molecule has 0 radical (unpaired) electrons. The van der Waals surface area contributed by atoms with E-state index in [1.54, 1.807) is 36.7 Å². The van der Waals surface area contributed by atoms with Crippen LogP contribution in [-0.2, 0) is 11.2 Å². The third-order valence-electron chi connectivity index (χ3n) is 3.13. The number of hydrogen-bond acceptors (Lipinski definition) is 5. The topological polar surface area (TPSA) is 86.1 Å². The maximum atomic E-state index is 12.0. The van der Waals surface area contributed by atoms with Gasteiger partial charge in [0.25, 0.3) is 5.91 Å². The molecule has 0 atom stereocenters. The summed E-state index contributed by atoms with van der Waals surface area (Å²) in [5.74, 6) is -0.338. The number of hydrogen-bond donors (Lipinski definition) is 1. The third-order valence-corrected chi connectivity index (χ3v) is 3.93. The number of aromatic nitrogens is 1. The second-order valence-corrected chi connectivity index (χ2v) is 5.72. The van der Waals surface area contributed by atoms with Crippen molar-refractivity contribution in [3.63, 3.8) is 0 Å². The fraction of sp³-hybridized carbons (Fsp3) is 0.250. The zero-order valence-corrected chi connectivity index (χ0v) is 13.5. The Bertz CT molecular complexity index is 721. The van der Waals surface area contributed by atoms with Gasteiger partial charge in [0.1, 0.15) is 0 Å². The predicted octanol–water partition coefficient (Wildman–Crippen LogP) is 2.31. The zero-order chi connectivity index (χ0) is 16.7. The van der Waals surface area contributed by atoms with Gasteiger partial charge in [-0.15, -0.1) is 11.3 Å². The SMILES string of the molecule is CN(CCC#N)C(=O)Cc1csc(NC(=O)c2ccccc2)n1. The summed E-state index contributed by atoms with van der Waals surface area (Å²) in [6.45, 7) is 0.400. The number of thiazole rings is 1. The van der Waals surface area contributed by atoms with Gasteiger partial charge in [0.15, 0.2) is 5.13 Å². The molecule has 1 heterocycles. The van der Waals surface area contributed by atoms with Gasteiger partial charge in [0.05, 0.1) is 24.6 Å². The van der Waals surface area contributed by atoms with Crippen LogP contribution in [0.25, 0.3) is 0 Å². The molecule has 0 aliphatic carbocycles. The van der Waals surface area contributed by atoms with Gasteiger partial charge in [-0.1, -0.05) is 18.2 Å². The van der Waals surface area contributed by atoms with Crippen molar-refractivity contribution in [2.24, 2.45) is 0 Å². The number of carbonyl (C=O) groups is 2. The maximum Gasteiger partial charge on any atom is 0.257 e. The van der Waals surface area contributed by atoms with Crippen LogP contribution < -0.4 is 5.32 Å². The van der Waals surface area contributed by atoms with Crippen LogP contribution in [0.15, 0.2) is 35.7 Å². The van der Waals surface area contributed by atoms with E-state index in [1.807, 2.05) is 12.1 Å². The Morgan fingerprint density at radius 2 is 2.09 bits per heavy atom. The first-order chi connectivity index (χ1) is 11.1. The lowest BCUT2D eigenvalue weighted by molar-refractivity contribution is -0.129. The molecule has 0 aliphatic heterocycles. The number of nitrogens with one attached hydrogen (secondary N) is 1. The summed E-state index contributed by atoms with van der Waals surface area (Å²) in [7, 11) is 1.66. The van der Waals surface area contributed by atoms with E-state index in [9.17, 15) is 9.59 Å². The Labute approximate surface area is 138 Å². The Balaban J connectivity index is 1.92. The van der Waals surface area contributed by atoms with Crippen molar-refractivity contribution in [1.29, 1.82) is 5.26 Å². The molecule has 0 bridgehead atoms. The maximum absolute atomic E-state index is 12.0. The molecule has 1 aromatic heterocycles. The predicted molar refractivity (Wildman–Crippen MR) is 88.1 cm³/mol. The second-order valence-electron chi connectivity index (χ2n) is 4.86. The van der Waals surface area contributed by atoms with Gasteiger partial charge < -0.3 is 4.90 Å². The highest BCUT2D eigenvalue weighted by Crippen LogP contribution is 2.17. The van der Waals surface area contributed by atoms with Crippen LogP contribution in [0.5, 0.6) is 0 Å². The number of carbonyl (C=O) groups excluding carboxylic acids is 2. The van der Waals surface area contributed by atoms with Crippen molar-refractivity contribution < 1.29 is 9.59 Å². The number of nitrogens with zero attached hydrogens (tertiary/aromatic N) is 3. The van der Waals surface area contributed by atoms with Crippen LogP contribution in [0.3, 0.4) is 0 Å². The van der Waals surface area contributed by atoms with Crippen molar-refractivity contribution in [3.05, 3.63) is 47.0 Å². The molecule has 1 aromatic carbocycles. The standard InChI is InChI=1S/C16H16N4O2S/c1-20(9-5-8-17)14(21)10-13-11-23-16(18-13)19-15(22)12-6-3-2-4-7-12/h2-4,6-7,11H,5,9-10H2,1H3,(H,18,19,22). The van der Waals surface area contributed by atoms with Gasteiger partial charge in [-0.2, -0.15) is 5.26 Å². The van der Waals surface area contributed by atoms with Crippen LogP contribution in [0.4, 0.5) is 5.13 Å². The summed E-state index contributed by atoms with van der Waals surface area (Å²) in [6, 6.07) is 10.9. The molecule has 2 aromatic rings. The van der Waals surface area contributed by atoms with Crippen LogP contribution in [0.1, 0.15) is 22.5 Å². The van der Waals surface area contributed by atoms with E-state index in [2.05, 4.69) is 10.3 Å². The fourth-order valence-electron chi connectivity index (χ4n) is 1.84. The van der Waals surface area contributed by atoms with E-state index in [-0.39, 0.29) is 18.2 Å². The van der Waals surface area contributed by atoms with Crippen LogP contribution in [0, 0.1) is 11.3 Å². The minimum atomic E-state index is -0.232. The molecule has 0 unspecified atom stereocenters. The minimum Gasteiger partial charge on any atom is -0.344 e. The number of nitriles is 1. The summed E-state index contributed by atoms with van der Waals surface area (Å²) in [5.41, 5.74) is 1.16. The Morgan fingerprint density at radius 3 is 2.78 bits per heavy atom. The molecule has 0 fully saturated rings. The number of benzene rings is 1. The van der Waals surface area contributed by atoms with Gasteiger partial charge in [0, 0.05) is 24.5 Å². The zero-order valence-electron chi connectivity index (χ0n) is 12.7. The first-order valence-electron chi connectivity index (χ1n) is 7.02. The minimum absolute atomic E-state index is 0.105. The normalized spacial score (nSPS) is 9.91. The summed E-state index contributed by atoms with van der Waals surface area (Å²) in [5, 5.41) is 13.5. The summed E-state index contributed by atoms with van der Waals surface area (Å²) >= 11 is 1.28. The number of amides is 2. The molecule has 7 heteroatoms. The van der Waals surface area contributed by atoms with Gasteiger partial charge in [0.2, 0.25) is 5.91 Å². The molecule has 0 saturated heterocycles. The second kappa shape index (κ2) is 8.06. The lowest BCUT2D eigenvalue weighted by Gasteiger charge is -2.14. The molecular weight excluding hydrogens is 312 g/mol. The number of likely N-dealkylation sites (N-methyl/N-ethyl adjacent to an activating group) is 1. The van der Waals surface area contributed by atoms with Gasteiger partial charge in [-0.05, 0) is 12.1 Å². The molecule has 1 N–H and O–H groups in total. The molecule has 0 aliphatic rings. The average molecular weight is 328 g/mol. The quantitative estimate of drug-likeness (QED) is 0.881. The fourth-order valence-corrected chi connectivity index (χ4v) is 2.54. The third kappa shape index (κ3) is 4.90. The van der Waals surface area contributed by atoms with E-state index in [4.69, 9.17) is 5.26 Å². The van der Waals surface area contributed by atoms with Crippen molar-refractivity contribution in [1.82, 2.24) is 9.88 Å². The van der Waals surface area contributed by atoms with Crippen LogP contribution in [0.2, 0.25) is 0 Å². The van der Waals surface area contributed by atoms with Gasteiger partial charge in [-0.25, -0.2) is 4.98 Å². The first-order valence-corrected chi connectivity index (χ1v) is 7.90. The Kier molecular flexibility index (Phi) is 5.83. The Hall–Kier alpha value is -2.72. The smallest absolute Gasteiger partial charge is 0.257 e.